The number of hydrogen-bond donors (Lipinski definition) is 1. The van der Waals surface area contributed by atoms with Crippen LogP contribution in [-0.4, -0.2) is 45.8 Å². The smallest absolute Gasteiger partial charge is 0.304 e. The van der Waals surface area contributed by atoms with Gasteiger partial charge in [0.15, 0.2) is 0 Å². The molecule has 1 N–H and O–H groups in total. The highest BCUT2D eigenvalue weighted by Gasteiger charge is 2.27. The molecular weight excluding hydrogens is 369 g/mol. The van der Waals surface area contributed by atoms with Crippen LogP contribution in [0.2, 0.25) is 0 Å². The van der Waals surface area contributed by atoms with Crippen LogP contribution in [0.25, 0.3) is 0 Å². The summed E-state index contributed by atoms with van der Waals surface area (Å²) in [6.45, 7) is 1.96. The second kappa shape index (κ2) is 8.96. The minimum absolute atomic E-state index is 0.0832. The molecule has 0 radical (unpaired) electrons. The fourth-order valence-corrected chi connectivity index (χ4v) is 3.53. The minimum atomic E-state index is -3.91. The summed E-state index contributed by atoms with van der Waals surface area (Å²) >= 11 is 0. The maximum atomic E-state index is 13.2. The van der Waals surface area contributed by atoms with Gasteiger partial charge in [0.2, 0.25) is 5.91 Å². The van der Waals surface area contributed by atoms with Gasteiger partial charge < -0.3 is 5.32 Å². The molecule has 0 spiro atoms. The highest BCUT2D eigenvalue weighted by Crippen LogP contribution is 2.20. The molecule has 0 saturated carbocycles. The van der Waals surface area contributed by atoms with Gasteiger partial charge in [-0.1, -0.05) is 37.3 Å². The first-order chi connectivity index (χ1) is 12.7. The van der Waals surface area contributed by atoms with Gasteiger partial charge in [0.05, 0.1) is 5.69 Å². The van der Waals surface area contributed by atoms with Crippen molar-refractivity contribution in [3.8, 4) is 0 Å². The van der Waals surface area contributed by atoms with E-state index in [0.29, 0.717) is 6.54 Å². The molecule has 0 unspecified atom stereocenters. The quantitative estimate of drug-likeness (QED) is 0.749. The van der Waals surface area contributed by atoms with Crippen molar-refractivity contribution in [1.29, 1.82) is 0 Å². The highest BCUT2D eigenvalue weighted by atomic mass is 32.2. The lowest BCUT2D eigenvalue weighted by Crippen LogP contribution is -2.46. The first-order valence-electron chi connectivity index (χ1n) is 8.49. The number of hydrogen-bond acceptors (Lipinski definition) is 3. The van der Waals surface area contributed by atoms with E-state index in [1.54, 1.807) is 0 Å². The summed E-state index contributed by atoms with van der Waals surface area (Å²) in [5.74, 6) is -0.838. The Balaban J connectivity index is 2.10. The zero-order valence-electron chi connectivity index (χ0n) is 15.6. The summed E-state index contributed by atoms with van der Waals surface area (Å²) in [7, 11) is -1.15. The topological polar surface area (TPSA) is 69.7 Å². The Kier molecular flexibility index (Phi) is 6.92. The van der Waals surface area contributed by atoms with Gasteiger partial charge in [0.25, 0.3) is 0 Å². The van der Waals surface area contributed by atoms with E-state index < -0.39 is 28.5 Å². The van der Waals surface area contributed by atoms with E-state index in [9.17, 15) is 17.6 Å². The van der Waals surface area contributed by atoms with Crippen LogP contribution in [0.15, 0.2) is 54.6 Å². The van der Waals surface area contributed by atoms with Gasteiger partial charge in [0, 0.05) is 20.6 Å². The lowest BCUT2D eigenvalue weighted by molar-refractivity contribution is -0.119. The molecule has 0 fully saturated rings. The fraction of sp³-hybridized carbons (Fsp3) is 0.316. The molecule has 0 aliphatic carbocycles. The van der Waals surface area contributed by atoms with Gasteiger partial charge in [-0.15, -0.1) is 0 Å². The van der Waals surface area contributed by atoms with E-state index in [-0.39, 0.29) is 11.6 Å². The monoisotopic (exact) mass is 393 g/mol. The lowest BCUT2D eigenvalue weighted by atomic mass is 10.0. The first-order valence-corrected chi connectivity index (χ1v) is 9.89. The number of amides is 1. The van der Waals surface area contributed by atoms with E-state index in [2.05, 4.69) is 5.32 Å². The molecule has 2 aromatic rings. The Morgan fingerprint density at radius 3 is 2.22 bits per heavy atom. The lowest BCUT2D eigenvalue weighted by Gasteiger charge is -2.27. The zero-order chi connectivity index (χ0) is 20.0. The van der Waals surface area contributed by atoms with Crippen LogP contribution in [0.4, 0.5) is 10.1 Å². The van der Waals surface area contributed by atoms with Gasteiger partial charge in [-0.05, 0) is 35.7 Å². The van der Waals surface area contributed by atoms with Crippen LogP contribution in [-0.2, 0) is 15.0 Å². The van der Waals surface area contributed by atoms with Crippen molar-refractivity contribution in [3.63, 3.8) is 0 Å². The van der Waals surface area contributed by atoms with E-state index in [4.69, 9.17) is 0 Å². The number of rotatable bonds is 8. The summed E-state index contributed by atoms with van der Waals surface area (Å²) < 4.78 is 40.3. The number of anilines is 1. The molecule has 1 amide bonds. The minimum Gasteiger partial charge on any atom is -0.354 e. The highest BCUT2D eigenvalue weighted by molar-refractivity contribution is 7.90. The molecule has 6 nitrogen and oxygen atoms in total. The Morgan fingerprint density at radius 2 is 1.67 bits per heavy atom. The first kappa shape index (κ1) is 20.9. The van der Waals surface area contributed by atoms with Gasteiger partial charge in [-0.3, -0.25) is 4.79 Å². The van der Waals surface area contributed by atoms with Gasteiger partial charge in [-0.25, -0.2) is 8.70 Å². The second-order valence-electron chi connectivity index (χ2n) is 6.39. The Labute approximate surface area is 159 Å². The molecule has 27 heavy (non-hydrogen) atoms. The van der Waals surface area contributed by atoms with Crippen LogP contribution in [0.3, 0.4) is 0 Å². The third-order valence-electron chi connectivity index (χ3n) is 4.12. The molecule has 0 aliphatic heterocycles. The summed E-state index contributed by atoms with van der Waals surface area (Å²) in [4.78, 5) is 12.4. The molecule has 0 aliphatic rings. The number of benzene rings is 2. The third kappa shape index (κ3) is 5.51. The molecular formula is C19H24FN3O3S. The molecule has 1 atom stereocenters. The third-order valence-corrected chi connectivity index (χ3v) is 5.94. The van der Waals surface area contributed by atoms with Crippen molar-refractivity contribution in [2.24, 2.45) is 0 Å². The number of carbonyl (C=O) groups excluding carboxylic acids is 1. The summed E-state index contributed by atoms with van der Waals surface area (Å²) in [5.41, 5.74) is 1.30. The molecule has 0 aromatic heterocycles. The molecule has 0 heterocycles. The predicted molar refractivity (Wildman–Crippen MR) is 104 cm³/mol. The molecule has 0 bridgehead atoms. The van der Waals surface area contributed by atoms with Gasteiger partial charge >= 0.3 is 10.2 Å². The van der Waals surface area contributed by atoms with Crippen molar-refractivity contribution in [2.75, 3.05) is 31.5 Å². The molecule has 2 rings (SSSR count). The number of nitrogens with one attached hydrogen (secondary N) is 1. The van der Waals surface area contributed by atoms with Crippen LogP contribution < -0.4 is 9.62 Å². The Bertz CT molecular complexity index is 856. The van der Waals surface area contributed by atoms with E-state index in [1.807, 2.05) is 37.3 Å². The van der Waals surface area contributed by atoms with Gasteiger partial charge in [0.1, 0.15) is 12.4 Å². The molecule has 146 valence electrons. The maximum Gasteiger partial charge on any atom is 0.304 e. The Hall–Kier alpha value is -2.45. The molecule has 8 heteroatoms. The predicted octanol–water partition coefficient (Wildman–Crippen LogP) is 2.36. The summed E-state index contributed by atoms with van der Waals surface area (Å²) in [6, 6.07) is 14.7. The van der Waals surface area contributed by atoms with E-state index in [1.165, 1.54) is 26.2 Å². The van der Waals surface area contributed by atoms with Crippen molar-refractivity contribution in [3.05, 3.63) is 66.0 Å². The van der Waals surface area contributed by atoms with Crippen molar-refractivity contribution in [1.82, 2.24) is 9.62 Å². The van der Waals surface area contributed by atoms with Crippen molar-refractivity contribution >= 4 is 21.8 Å². The van der Waals surface area contributed by atoms with Crippen LogP contribution in [0, 0.1) is 5.82 Å². The summed E-state index contributed by atoms with van der Waals surface area (Å²) in [5, 5.41) is 2.77. The van der Waals surface area contributed by atoms with Crippen molar-refractivity contribution in [2.45, 2.75) is 12.8 Å². The largest absolute Gasteiger partial charge is 0.354 e. The van der Waals surface area contributed by atoms with Crippen LogP contribution >= 0.6 is 0 Å². The second-order valence-corrected chi connectivity index (χ2v) is 8.46. The fourth-order valence-electron chi connectivity index (χ4n) is 2.46. The normalized spacial score (nSPS) is 12.6. The Morgan fingerprint density at radius 1 is 1.07 bits per heavy atom. The maximum absolute atomic E-state index is 13.2. The number of carbonyl (C=O) groups is 1. The number of halogens is 1. The van der Waals surface area contributed by atoms with Crippen LogP contribution in [0.1, 0.15) is 18.4 Å². The number of nitrogens with zero attached hydrogens (tertiary/aromatic N) is 2. The average molecular weight is 393 g/mol. The van der Waals surface area contributed by atoms with Crippen molar-refractivity contribution < 1.29 is 17.6 Å². The summed E-state index contributed by atoms with van der Waals surface area (Å²) in [6.07, 6.45) is 0. The van der Waals surface area contributed by atoms with Crippen LogP contribution in [0.5, 0.6) is 0 Å². The van der Waals surface area contributed by atoms with Gasteiger partial charge in [-0.2, -0.15) is 12.7 Å². The van der Waals surface area contributed by atoms with E-state index >= 15 is 0 Å². The molecule has 0 saturated heterocycles. The van der Waals surface area contributed by atoms with E-state index in [0.717, 1.165) is 26.3 Å². The zero-order valence-corrected chi connectivity index (χ0v) is 16.4. The average Bonchev–Trinajstić information content (AvgIpc) is 2.65. The SMILES string of the molecule is C[C@H](CNC(=O)CN(c1ccc(F)cc1)S(=O)(=O)N(C)C)c1ccccc1. The standard InChI is InChI=1S/C19H24FN3O3S/c1-15(16-7-5-4-6-8-16)13-21-19(24)14-23(27(25,26)22(2)3)18-11-9-17(20)10-12-18/h4-12,15H,13-14H2,1-3H3,(H,21,24)/t15-/m1/s1. The molecule has 2 aromatic carbocycles.